The molecule has 0 aliphatic rings. The number of hydrogen-bond acceptors (Lipinski definition) is 2. The van der Waals surface area contributed by atoms with Crippen LogP contribution >= 0.6 is 27.3 Å². The van der Waals surface area contributed by atoms with Crippen LogP contribution in [-0.4, -0.2) is 9.55 Å². The highest BCUT2D eigenvalue weighted by atomic mass is 79.9. The summed E-state index contributed by atoms with van der Waals surface area (Å²) in [4.78, 5) is 5.74. The summed E-state index contributed by atoms with van der Waals surface area (Å²) in [5.74, 6) is 1.13. The van der Waals surface area contributed by atoms with Gasteiger partial charge in [0.2, 0.25) is 0 Å². The lowest BCUT2D eigenvalue weighted by Gasteiger charge is -2.04. The Labute approximate surface area is 95.7 Å². The molecule has 0 bridgehead atoms. The van der Waals surface area contributed by atoms with Crippen molar-refractivity contribution >= 4 is 27.3 Å². The smallest absolute Gasteiger partial charge is 0.114 e. The zero-order valence-corrected chi connectivity index (χ0v) is 10.3. The largest absolute Gasteiger partial charge is 0.323 e. The quantitative estimate of drug-likeness (QED) is 0.837. The normalized spacial score (nSPS) is 10.7. The molecule has 0 aromatic carbocycles. The number of thiophene rings is 1. The standard InChI is InChI=1S/C10H11BrN2S/c1-2-13-9(11)7-12-10(13)6-8-4-3-5-14-8/h3-5,7H,2,6H2,1H3. The van der Waals surface area contributed by atoms with Gasteiger partial charge in [-0.15, -0.1) is 11.3 Å². The molecule has 2 aromatic rings. The zero-order chi connectivity index (χ0) is 9.97. The second kappa shape index (κ2) is 4.28. The molecule has 2 nitrogen and oxygen atoms in total. The van der Waals surface area contributed by atoms with Gasteiger partial charge < -0.3 is 4.57 Å². The van der Waals surface area contributed by atoms with E-state index in [-0.39, 0.29) is 0 Å². The maximum absolute atomic E-state index is 4.38. The molecule has 0 spiro atoms. The summed E-state index contributed by atoms with van der Waals surface area (Å²) < 4.78 is 3.24. The van der Waals surface area contributed by atoms with Crippen molar-refractivity contribution in [2.24, 2.45) is 0 Å². The molecule has 0 aliphatic heterocycles. The molecule has 2 heterocycles. The Morgan fingerprint density at radius 3 is 3.07 bits per heavy atom. The predicted molar refractivity (Wildman–Crippen MR) is 62.7 cm³/mol. The van der Waals surface area contributed by atoms with Gasteiger partial charge in [-0.1, -0.05) is 6.07 Å². The van der Waals surface area contributed by atoms with Crippen LogP contribution in [0.2, 0.25) is 0 Å². The van der Waals surface area contributed by atoms with Crippen LogP contribution in [0.4, 0.5) is 0 Å². The van der Waals surface area contributed by atoms with Crippen molar-refractivity contribution in [3.8, 4) is 0 Å². The molecule has 2 aromatic heterocycles. The molecule has 0 unspecified atom stereocenters. The Hall–Kier alpha value is -0.610. The highest BCUT2D eigenvalue weighted by molar-refractivity contribution is 9.10. The van der Waals surface area contributed by atoms with E-state index < -0.39 is 0 Å². The van der Waals surface area contributed by atoms with Crippen molar-refractivity contribution in [2.75, 3.05) is 0 Å². The third-order valence-corrected chi connectivity index (χ3v) is 3.63. The van der Waals surface area contributed by atoms with Gasteiger partial charge in [0.15, 0.2) is 0 Å². The van der Waals surface area contributed by atoms with Crippen LogP contribution < -0.4 is 0 Å². The minimum absolute atomic E-state index is 0.928. The van der Waals surface area contributed by atoms with Crippen LogP contribution in [-0.2, 0) is 13.0 Å². The van der Waals surface area contributed by atoms with E-state index in [1.54, 1.807) is 11.3 Å². The summed E-state index contributed by atoms with van der Waals surface area (Å²) in [7, 11) is 0. The van der Waals surface area contributed by atoms with Gasteiger partial charge in [0, 0.05) is 17.8 Å². The fraction of sp³-hybridized carbons (Fsp3) is 0.300. The van der Waals surface area contributed by atoms with E-state index in [1.807, 2.05) is 6.20 Å². The highest BCUT2D eigenvalue weighted by Crippen LogP contribution is 2.18. The summed E-state index contributed by atoms with van der Waals surface area (Å²) in [6.45, 7) is 3.09. The minimum atomic E-state index is 0.928. The molecule has 2 rings (SSSR count). The lowest BCUT2D eigenvalue weighted by molar-refractivity contribution is 0.701. The average Bonchev–Trinajstić information content (AvgIpc) is 2.77. The van der Waals surface area contributed by atoms with Gasteiger partial charge in [-0.25, -0.2) is 4.98 Å². The molecule has 0 amide bonds. The van der Waals surface area contributed by atoms with E-state index in [0.29, 0.717) is 0 Å². The lowest BCUT2D eigenvalue weighted by atomic mass is 10.3. The van der Waals surface area contributed by atoms with Crippen molar-refractivity contribution in [3.63, 3.8) is 0 Å². The Balaban J connectivity index is 2.25. The Morgan fingerprint density at radius 1 is 1.57 bits per heavy atom. The highest BCUT2D eigenvalue weighted by Gasteiger charge is 2.07. The molecule has 0 saturated heterocycles. The molecule has 0 N–H and O–H groups in total. The number of imidazole rings is 1. The van der Waals surface area contributed by atoms with Crippen molar-refractivity contribution < 1.29 is 0 Å². The SMILES string of the molecule is CCn1c(Br)cnc1Cc1cccs1. The minimum Gasteiger partial charge on any atom is -0.323 e. The van der Waals surface area contributed by atoms with Gasteiger partial charge in [0.05, 0.1) is 6.20 Å². The van der Waals surface area contributed by atoms with Gasteiger partial charge >= 0.3 is 0 Å². The number of aromatic nitrogens is 2. The van der Waals surface area contributed by atoms with Crippen molar-refractivity contribution in [1.82, 2.24) is 9.55 Å². The van der Waals surface area contributed by atoms with Crippen molar-refractivity contribution in [3.05, 3.63) is 39.0 Å². The predicted octanol–water partition coefficient (Wildman–Crippen LogP) is 3.32. The summed E-state index contributed by atoms with van der Waals surface area (Å²) >= 11 is 5.26. The maximum Gasteiger partial charge on any atom is 0.114 e. The van der Waals surface area contributed by atoms with Gasteiger partial charge in [0.25, 0.3) is 0 Å². The molecular weight excluding hydrogens is 260 g/mol. The molecule has 0 fully saturated rings. The van der Waals surface area contributed by atoms with Crippen molar-refractivity contribution in [1.29, 1.82) is 0 Å². The Kier molecular flexibility index (Phi) is 3.03. The molecular formula is C10H11BrN2S. The van der Waals surface area contributed by atoms with E-state index in [2.05, 4.69) is 49.9 Å². The first-order valence-electron chi connectivity index (χ1n) is 4.53. The topological polar surface area (TPSA) is 17.8 Å². The maximum atomic E-state index is 4.38. The fourth-order valence-corrected chi connectivity index (χ4v) is 2.69. The third-order valence-electron chi connectivity index (χ3n) is 2.12. The van der Waals surface area contributed by atoms with Gasteiger partial charge in [-0.3, -0.25) is 0 Å². The van der Waals surface area contributed by atoms with E-state index in [1.165, 1.54) is 4.88 Å². The second-order valence-corrected chi connectivity index (χ2v) is 4.84. The number of nitrogens with zero attached hydrogens (tertiary/aromatic N) is 2. The second-order valence-electron chi connectivity index (χ2n) is 3.00. The van der Waals surface area contributed by atoms with Crippen LogP contribution in [0.5, 0.6) is 0 Å². The summed E-state index contributed by atoms with van der Waals surface area (Å²) in [6.07, 6.45) is 2.80. The molecule has 74 valence electrons. The zero-order valence-electron chi connectivity index (χ0n) is 7.90. The number of rotatable bonds is 3. The number of hydrogen-bond donors (Lipinski definition) is 0. The van der Waals surface area contributed by atoms with Crippen molar-refractivity contribution in [2.45, 2.75) is 19.9 Å². The van der Waals surface area contributed by atoms with E-state index in [0.717, 1.165) is 23.4 Å². The monoisotopic (exact) mass is 270 g/mol. The van der Waals surface area contributed by atoms with E-state index in [9.17, 15) is 0 Å². The van der Waals surface area contributed by atoms with Crippen LogP contribution in [0, 0.1) is 0 Å². The number of halogens is 1. The molecule has 0 radical (unpaired) electrons. The van der Waals surface area contributed by atoms with E-state index >= 15 is 0 Å². The molecule has 14 heavy (non-hydrogen) atoms. The van der Waals surface area contributed by atoms with E-state index in [4.69, 9.17) is 0 Å². The third kappa shape index (κ3) is 1.91. The first-order valence-corrected chi connectivity index (χ1v) is 6.20. The Bertz CT molecular complexity index is 406. The molecule has 0 atom stereocenters. The van der Waals surface area contributed by atoms with Crippen LogP contribution in [0.25, 0.3) is 0 Å². The van der Waals surface area contributed by atoms with Crippen LogP contribution in [0.15, 0.2) is 28.3 Å². The summed E-state index contributed by atoms with van der Waals surface area (Å²) in [6, 6.07) is 4.22. The molecule has 0 saturated carbocycles. The van der Waals surface area contributed by atoms with Crippen LogP contribution in [0.3, 0.4) is 0 Å². The molecule has 0 aliphatic carbocycles. The summed E-state index contributed by atoms with van der Waals surface area (Å²) in [5.41, 5.74) is 0. The lowest BCUT2D eigenvalue weighted by Crippen LogP contribution is -2.02. The van der Waals surface area contributed by atoms with Gasteiger partial charge in [-0.2, -0.15) is 0 Å². The summed E-state index contributed by atoms with van der Waals surface area (Å²) in [5, 5.41) is 2.10. The molecule has 4 heteroatoms. The first-order chi connectivity index (χ1) is 6.81. The van der Waals surface area contributed by atoms with Gasteiger partial charge in [-0.05, 0) is 34.3 Å². The average molecular weight is 271 g/mol. The van der Waals surface area contributed by atoms with Gasteiger partial charge in [0.1, 0.15) is 10.4 Å². The fourth-order valence-electron chi connectivity index (χ4n) is 1.43. The first kappa shape index (κ1) is 9.93. The van der Waals surface area contributed by atoms with Crippen LogP contribution in [0.1, 0.15) is 17.6 Å². The Morgan fingerprint density at radius 2 is 2.43 bits per heavy atom.